The van der Waals surface area contributed by atoms with Crippen LogP contribution < -0.4 is 0 Å². The van der Waals surface area contributed by atoms with Crippen molar-refractivity contribution in [2.75, 3.05) is 0 Å². The van der Waals surface area contributed by atoms with E-state index in [2.05, 4.69) is 34.6 Å². The van der Waals surface area contributed by atoms with E-state index in [0.717, 1.165) is 41.4 Å². The van der Waals surface area contributed by atoms with Crippen LogP contribution in [0.3, 0.4) is 0 Å². The number of hydrogen-bond acceptors (Lipinski definition) is 0. The first-order valence-electron chi connectivity index (χ1n) is 11.9. The van der Waals surface area contributed by atoms with Crippen molar-refractivity contribution >= 4 is 0 Å². The summed E-state index contributed by atoms with van der Waals surface area (Å²) >= 11 is 0. The second-order valence-corrected chi connectivity index (χ2v) is 11.5. The predicted octanol–water partition coefficient (Wildman–Crippen LogP) is 7.72. The van der Waals surface area contributed by atoms with Crippen LogP contribution in [0.1, 0.15) is 105 Å². The van der Waals surface area contributed by atoms with Gasteiger partial charge in [-0.1, -0.05) is 47.5 Å². The minimum atomic E-state index is 0.673. The molecule has 0 heterocycles. The average Bonchev–Trinajstić information content (AvgIpc) is 2.98. The summed E-state index contributed by atoms with van der Waals surface area (Å²) in [6, 6.07) is 0. The number of hydrogen-bond donors (Lipinski definition) is 0. The quantitative estimate of drug-likeness (QED) is 0.491. The maximum Gasteiger partial charge on any atom is -0.0264 e. The van der Waals surface area contributed by atoms with Crippen molar-refractivity contribution in [1.82, 2.24) is 0 Å². The molecule has 0 nitrogen and oxygen atoms in total. The molecule has 0 aliphatic heterocycles. The molecule has 0 bridgehead atoms. The zero-order valence-electron chi connectivity index (χ0n) is 17.8. The number of fused-ring (bicyclic) bond motifs is 5. The highest BCUT2D eigenvalue weighted by atomic mass is 14.6. The van der Waals surface area contributed by atoms with Gasteiger partial charge >= 0.3 is 0 Å². The molecule has 4 aliphatic rings. The van der Waals surface area contributed by atoms with E-state index in [4.69, 9.17) is 0 Å². The van der Waals surface area contributed by atoms with E-state index in [9.17, 15) is 0 Å². The Bertz CT molecular complexity index is 480. The van der Waals surface area contributed by atoms with Gasteiger partial charge in [-0.3, -0.25) is 0 Å². The molecule has 0 radical (unpaired) electrons. The monoisotopic (exact) mass is 344 g/mol. The van der Waals surface area contributed by atoms with Gasteiger partial charge in [-0.25, -0.2) is 0 Å². The Morgan fingerprint density at radius 3 is 2.32 bits per heavy atom. The van der Waals surface area contributed by atoms with E-state index >= 15 is 0 Å². The molecule has 0 heteroatoms. The highest BCUT2D eigenvalue weighted by Crippen LogP contribution is 2.66. The third-order valence-electron chi connectivity index (χ3n) is 10.6. The lowest BCUT2D eigenvalue weighted by molar-refractivity contribution is -0.0831. The van der Waals surface area contributed by atoms with Crippen molar-refractivity contribution in [3.63, 3.8) is 0 Å². The van der Waals surface area contributed by atoms with Crippen LogP contribution in [0, 0.1) is 52.3 Å². The fourth-order valence-corrected chi connectivity index (χ4v) is 8.77. The lowest BCUT2D eigenvalue weighted by Crippen LogP contribution is -2.49. The van der Waals surface area contributed by atoms with E-state index in [1.165, 1.54) is 19.3 Å². The standard InChI is InChI=1S/C25H44/c1-6-17(3)22-10-11-23-21-9-8-18-16-24(4,7-2)14-12-19(18)20(21)13-15-25(22,23)5/h17-23H,6-16H2,1-5H3/t17-,18?,19?,20?,21?,22?,23?,24+,25?/m1/s1. The lowest BCUT2D eigenvalue weighted by Gasteiger charge is -2.58. The average molecular weight is 345 g/mol. The van der Waals surface area contributed by atoms with Gasteiger partial charge in [0.15, 0.2) is 0 Å². The van der Waals surface area contributed by atoms with Gasteiger partial charge in [0.2, 0.25) is 0 Å². The fraction of sp³-hybridized carbons (Fsp3) is 1.00. The van der Waals surface area contributed by atoms with E-state index in [0.29, 0.717) is 10.8 Å². The van der Waals surface area contributed by atoms with Crippen LogP contribution in [0.25, 0.3) is 0 Å². The number of rotatable bonds is 3. The van der Waals surface area contributed by atoms with Crippen LogP contribution in [-0.4, -0.2) is 0 Å². The third kappa shape index (κ3) is 2.84. The van der Waals surface area contributed by atoms with E-state index in [1.54, 1.807) is 51.4 Å². The summed E-state index contributed by atoms with van der Waals surface area (Å²) in [4.78, 5) is 0. The van der Waals surface area contributed by atoms with Crippen LogP contribution in [0.5, 0.6) is 0 Å². The highest BCUT2D eigenvalue weighted by Gasteiger charge is 2.57. The lowest BCUT2D eigenvalue weighted by atomic mass is 9.47. The van der Waals surface area contributed by atoms with Gasteiger partial charge in [-0.05, 0) is 110 Å². The van der Waals surface area contributed by atoms with Crippen molar-refractivity contribution in [3.05, 3.63) is 0 Å². The summed E-state index contributed by atoms with van der Waals surface area (Å²) < 4.78 is 0. The molecule has 4 aliphatic carbocycles. The topological polar surface area (TPSA) is 0 Å². The van der Waals surface area contributed by atoms with E-state index in [-0.39, 0.29) is 0 Å². The van der Waals surface area contributed by atoms with Gasteiger partial charge in [0.05, 0.1) is 0 Å². The highest BCUT2D eigenvalue weighted by molar-refractivity contribution is 5.07. The molecule has 0 amide bonds. The summed E-state index contributed by atoms with van der Waals surface area (Å²) in [6.45, 7) is 12.7. The molecular formula is C25H44. The summed E-state index contributed by atoms with van der Waals surface area (Å²) in [6.07, 6.45) is 16.8. The zero-order chi connectivity index (χ0) is 17.8. The van der Waals surface area contributed by atoms with Crippen LogP contribution in [0.4, 0.5) is 0 Å². The Morgan fingerprint density at radius 2 is 1.60 bits per heavy atom. The van der Waals surface area contributed by atoms with Crippen LogP contribution in [0.2, 0.25) is 0 Å². The normalized spacial score (nSPS) is 53.6. The Balaban J connectivity index is 1.51. The van der Waals surface area contributed by atoms with Crippen molar-refractivity contribution in [1.29, 1.82) is 0 Å². The summed E-state index contributed by atoms with van der Waals surface area (Å²) in [7, 11) is 0. The fourth-order valence-electron chi connectivity index (χ4n) is 8.77. The molecule has 0 spiro atoms. The second kappa shape index (κ2) is 6.56. The zero-order valence-corrected chi connectivity index (χ0v) is 17.8. The largest absolute Gasteiger partial charge is 0.0651 e. The summed E-state index contributed by atoms with van der Waals surface area (Å²) in [5.41, 5.74) is 1.36. The molecule has 4 fully saturated rings. The second-order valence-electron chi connectivity index (χ2n) is 11.5. The van der Waals surface area contributed by atoms with E-state index < -0.39 is 0 Å². The molecule has 25 heavy (non-hydrogen) atoms. The molecule has 0 aromatic rings. The van der Waals surface area contributed by atoms with Gasteiger partial charge in [0.25, 0.3) is 0 Å². The van der Waals surface area contributed by atoms with Crippen molar-refractivity contribution < 1.29 is 0 Å². The predicted molar refractivity (Wildman–Crippen MR) is 108 cm³/mol. The summed E-state index contributed by atoms with van der Waals surface area (Å²) in [5.74, 6) is 7.43. The molecule has 0 N–H and O–H groups in total. The summed E-state index contributed by atoms with van der Waals surface area (Å²) in [5, 5.41) is 0. The molecule has 0 saturated heterocycles. The van der Waals surface area contributed by atoms with Crippen LogP contribution in [0.15, 0.2) is 0 Å². The van der Waals surface area contributed by atoms with Gasteiger partial charge in [0, 0.05) is 0 Å². The maximum absolute atomic E-state index is 2.72. The SMILES string of the molecule is CC[C@@H](C)C1CCC2C3CCC4C[C@@](C)(CC)CCC4C3CCC21C. The van der Waals surface area contributed by atoms with Gasteiger partial charge in [0.1, 0.15) is 0 Å². The Labute approximate surface area is 157 Å². The Kier molecular flexibility index (Phi) is 4.82. The molecule has 7 unspecified atom stereocenters. The minimum Gasteiger partial charge on any atom is -0.0651 e. The molecule has 0 aromatic heterocycles. The third-order valence-corrected chi connectivity index (χ3v) is 10.6. The van der Waals surface area contributed by atoms with Gasteiger partial charge in [-0.2, -0.15) is 0 Å². The van der Waals surface area contributed by atoms with Crippen molar-refractivity contribution in [2.45, 2.75) is 105 Å². The smallest absolute Gasteiger partial charge is 0.0264 e. The Morgan fingerprint density at radius 1 is 0.840 bits per heavy atom. The molecule has 4 rings (SSSR count). The molecule has 4 saturated carbocycles. The van der Waals surface area contributed by atoms with Crippen LogP contribution >= 0.6 is 0 Å². The van der Waals surface area contributed by atoms with Crippen molar-refractivity contribution in [3.8, 4) is 0 Å². The Hall–Kier alpha value is 0. The molecule has 0 aromatic carbocycles. The molecule has 144 valence electrons. The first-order chi connectivity index (χ1) is 11.9. The van der Waals surface area contributed by atoms with Gasteiger partial charge in [-0.15, -0.1) is 0 Å². The van der Waals surface area contributed by atoms with Gasteiger partial charge < -0.3 is 0 Å². The molecular weight excluding hydrogens is 300 g/mol. The molecule has 9 atom stereocenters. The first-order valence-corrected chi connectivity index (χ1v) is 11.9. The van der Waals surface area contributed by atoms with E-state index in [1.807, 2.05) is 0 Å². The maximum atomic E-state index is 2.72. The van der Waals surface area contributed by atoms with Crippen LogP contribution in [-0.2, 0) is 0 Å². The minimum absolute atomic E-state index is 0.673. The first kappa shape index (κ1) is 18.4. The van der Waals surface area contributed by atoms with Crippen molar-refractivity contribution in [2.24, 2.45) is 52.3 Å².